The van der Waals surface area contributed by atoms with Crippen LogP contribution in [0.25, 0.3) is 0 Å². The Morgan fingerprint density at radius 1 is 0.524 bits per heavy atom. The summed E-state index contributed by atoms with van der Waals surface area (Å²) in [4.78, 5) is 0. The van der Waals surface area contributed by atoms with Gasteiger partial charge in [-0.3, -0.25) is 0 Å². The van der Waals surface area contributed by atoms with Crippen molar-refractivity contribution in [3.8, 4) is 0 Å². The highest BCUT2D eigenvalue weighted by atomic mass is 14.7. The van der Waals surface area contributed by atoms with Gasteiger partial charge in [0.2, 0.25) is 0 Å². The molecule has 11 unspecified atom stereocenters. The number of hydrogen-bond acceptors (Lipinski definition) is 0. The average molecular weight is 284 g/mol. The lowest BCUT2D eigenvalue weighted by Crippen LogP contribution is -2.41. The maximum atomic E-state index is 2.59. The molecule has 0 aromatic carbocycles. The molecule has 0 heteroatoms. The van der Waals surface area contributed by atoms with E-state index in [1.165, 1.54) is 59.2 Å². The molecule has 0 N–H and O–H groups in total. The molecule has 0 aromatic rings. The maximum absolute atomic E-state index is 2.59. The molecule has 21 heavy (non-hydrogen) atoms. The SMILES string of the molecule is CC1CCC2C3CC(C4CC5CC(C6CCCCC56)C43)C12. The second-order valence-corrected chi connectivity index (χ2v) is 10.1. The van der Waals surface area contributed by atoms with Gasteiger partial charge in [-0.25, -0.2) is 0 Å². The number of rotatable bonds is 0. The maximum Gasteiger partial charge on any atom is -0.0320 e. The predicted molar refractivity (Wildman–Crippen MR) is 85.6 cm³/mol. The van der Waals surface area contributed by atoms with Gasteiger partial charge >= 0.3 is 0 Å². The fourth-order valence-corrected chi connectivity index (χ4v) is 9.69. The van der Waals surface area contributed by atoms with Gasteiger partial charge in [0.1, 0.15) is 0 Å². The van der Waals surface area contributed by atoms with E-state index in [0.29, 0.717) is 0 Å². The Morgan fingerprint density at radius 2 is 1.19 bits per heavy atom. The molecule has 6 aliphatic rings. The molecule has 6 rings (SSSR count). The van der Waals surface area contributed by atoms with Crippen LogP contribution < -0.4 is 0 Å². The zero-order valence-electron chi connectivity index (χ0n) is 13.7. The summed E-state index contributed by atoms with van der Waals surface area (Å²) < 4.78 is 0. The third kappa shape index (κ3) is 1.40. The van der Waals surface area contributed by atoms with Crippen molar-refractivity contribution >= 4 is 0 Å². The van der Waals surface area contributed by atoms with E-state index in [9.17, 15) is 0 Å². The molecule has 0 nitrogen and oxygen atoms in total. The van der Waals surface area contributed by atoms with Gasteiger partial charge in [0.25, 0.3) is 0 Å². The molecule has 0 heterocycles. The molecule has 6 fully saturated rings. The van der Waals surface area contributed by atoms with Gasteiger partial charge in [0, 0.05) is 0 Å². The van der Waals surface area contributed by atoms with E-state index in [2.05, 4.69) is 6.92 Å². The normalized spacial score (nSPS) is 67.0. The summed E-state index contributed by atoms with van der Waals surface area (Å²) in [6.07, 6.45) is 14.6. The largest absolute Gasteiger partial charge is 0.0622 e. The fourth-order valence-electron chi connectivity index (χ4n) is 9.69. The molecular formula is C21H32. The third-order valence-corrected chi connectivity index (χ3v) is 9.91. The first-order chi connectivity index (χ1) is 10.3. The first kappa shape index (κ1) is 12.4. The van der Waals surface area contributed by atoms with E-state index in [-0.39, 0.29) is 0 Å². The van der Waals surface area contributed by atoms with E-state index < -0.39 is 0 Å². The highest BCUT2D eigenvalue weighted by Gasteiger charge is 2.66. The monoisotopic (exact) mass is 284 g/mol. The van der Waals surface area contributed by atoms with Crippen LogP contribution in [0.4, 0.5) is 0 Å². The van der Waals surface area contributed by atoms with Gasteiger partial charge in [0.05, 0.1) is 0 Å². The molecule has 0 spiro atoms. The van der Waals surface area contributed by atoms with Gasteiger partial charge in [-0.15, -0.1) is 0 Å². The Kier molecular flexibility index (Phi) is 2.42. The van der Waals surface area contributed by atoms with Crippen LogP contribution >= 0.6 is 0 Å². The Morgan fingerprint density at radius 3 is 2.05 bits per heavy atom. The summed E-state index contributed by atoms with van der Waals surface area (Å²) in [6, 6.07) is 0. The predicted octanol–water partition coefficient (Wildman–Crippen LogP) is 5.38. The summed E-state index contributed by atoms with van der Waals surface area (Å²) >= 11 is 0. The van der Waals surface area contributed by atoms with Crippen LogP contribution in [-0.4, -0.2) is 0 Å². The zero-order valence-corrected chi connectivity index (χ0v) is 13.7. The highest BCUT2D eigenvalue weighted by molar-refractivity contribution is 5.14. The van der Waals surface area contributed by atoms with Gasteiger partial charge in [0.15, 0.2) is 0 Å². The highest BCUT2D eigenvalue weighted by Crippen LogP contribution is 2.73. The molecule has 11 atom stereocenters. The van der Waals surface area contributed by atoms with Crippen molar-refractivity contribution in [1.82, 2.24) is 0 Å². The van der Waals surface area contributed by atoms with Crippen LogP contribution in [0, 0.1) is 65.1 Å². The molecule has 4 bridgehead atoms. The van der Waals surface area contributed by atoms with Crippen molar-refractivity contribution in [1.29, 1.82) is 0 Å². The fraction of sp³-hybridized carbons (Fsp3) is 1.00. The summed E-state index contributed by atoms with van der Waals surface area (Å²) in [5, 5.41) is 0. The molecule has 116 valence electrons. The topological polar surface area (TPSA) is 0 Å². The van der Waals surface area contributed by atoms with E-state index in [0.717, 1.165) is 5.92 Å². The Hall–Kier alpha value is 0. The molecular weight excluding hydrogens is 252 g/mol. The van der Waals surface area contributed by atoms with Crippen molar-refractivity contribution in [2.75, 3.05) is 0 Å². The van der Waals surface area contributed by atoms with Crippen molar-refractivity contribution < 1.29 is 0 Å². The zero-order chi connectivity index (χ0) is 13.7. The molecule has 0 amide bonds. The van der Waals surface area contributed by atoms with Crippen LogP contribution in [0.5, 0.6) is 0 Å². The minimum absolute atomic E-state index is 1.08. The third-order valence-electron chi connectivity index (χ3n) is 9.91. The molecule has 0 saturated heterocycles. The molecule has 6 saturated carbocycles. The van der Waals surface area contributed by atoms with Crippen molar-refractivity contribution in [2.45, 2.75) is 64.7 Å². The second-order valence-electron chi connectivity index (χ2n) is 10.1. The van der Waals surface area contributed by atoms with Crippen LogP contribution in [0.3, 0.4) is 0 Å². The quantitative estimate of drug-likeness (QED) is 0.560. The molecule has 6 aliphatic carbocycles. The first-order valence-electron chi connectivity index (χ1n) is 10.3. The molecule has 0 aromatic heterocycles. The van der Waals surface area contributed by atoms with E-state index in [4.69, 9.17) is 0 Å². The van der Waals surface area contributed by atoms with Crippen molar-refractivity contribution in [3.63, 3.8) is 0 Å². The Balaban J connectivity index is 1.37. The van der Waals surface area contributed by atoms with Gasteiger partial charge < -0.3 is 0 Å². The van der Waals surface area contributed by atoms with E-state index in [1.807, 2.05) is 0 Å². The van der Waals surface area contributed by atoms with Gasteiger partial charge in [-0.1, -0.05) is 26.2 Å². The smallest absolute Gasteiger partial charge is 0.0320 e. The Bertz CT molecular complexity index is 453. The lowest BCUT2D eigenvalue weighted by molar-refractivity contribution is 0.0180. The van der Waals surface area contributed by atoms with Crippen LogP contribution in [0.15, 0.2) is 0 Å². The minimum atomic E-state index is 1.08. The Labute approximate surface area is 130 Å². The van der Waals surface area contributed by atoms with Crippen LogP contribution in [0.1, 0.15) is 64.7 Å². The second kappa shape index (κ2) is 4.09. The first-order valence-corrected chi connectivity index (χ1v) is 10.3. The van der Waals surface area contributed by atoms with E-state index in [1.54, 1.807) is 57.8 Å². The lowest BCUT2D eigenvalue weighted by Gasteiger charge is -2.46. The number of hydrogen-bond donors (Lipinski definition) is 0. The average Bonchev–Trinajstić information content (AvgIpc) is 3.23. The molecule has 0 radical (unpaired) electrons. The number of fused-ring (bicyclic) bond motifs is 14. The van der Waals surface area contributed by atoms with Crippen LogP contribution in [0.2, 0.25) is 0 Å². The van der Waals surface area contributed by atoms with Crippen LogP contribution in [-0.2, 0) is 0 Å². The van der Waals surface area contributed by atoms with Crippen molar-refractivity contribution in [2.24, 2.45) is 65.1 Å². The summed E-state index contributed by atoms with van der Waals surface area (Å²) in [6.45, 7) is 2.59. The summed E-state index contributed by atoms with van der Waals surface area (Å²) in [5.74, 6) is 13.0. The van der Waals surface area contributed by atoms with Gasteiger partial charge in [-0.05, 0) is 104 Å². The van der Waals surface area contributed by atoms with Crippen molar-refractivity contribution in [3.05, 3.63) is 0 Å². The summed E-state index contributed by atoms with van der Waals surface area (Å²) in [5.41, 5.74) is 0. The van der Waals surface area contributed by atoms with E-state index >= 15 is 0 Å². The lowest BCUT2D eigenvalue weighted by atomic mass is 9.59. The van der Waals surface area contributed by atoms with Gasteiger partial charge in [-0.2, -0.15) is 0 Å². The standard InChI is InChI=1S/C21H32/c1-11-6-7-15-18-10-19(20(11)15)17-9-12-8-16(21(17)18)14-5-3-2-4-13(12)14/h11-21H,2-10H2,1H3. The minimum Gasteiger partial charge on any atom is -0.0622 e. The summed E-state index contributed by atoms with van der Waals surface area (Å²) in [7, 11) is 0. The molecule has 0 aliphatic heterocycles.